The summed E-state index contributed by atoms with van der Waals surface area (Å²) in [5.74, 6) is 0.198. The van der Waals surface area contributed by atoms with E-state index in [4.69, 9.17) is 0 Å². The van der Waals surface area contributed by atoms with Gasteiger partial charge in [-0.1, -0.05) is 48.0 Å². The van der Waals surface area contributed by atoms with Crippen LogP contribution < -0.4 is 10.2 Å². The molecule has 0 aliphatic carbocycles. The zero-order chi connectivity index (χ0) is 22.3. The van der Waals surface area contributed by atoms with Crippen LogP contribution >= 0.6 is 11.8 Å². The summed E-state index contributed by atoms with van der Waals surface area (Å²) < 4.78 is 13.4. The van der Waals surface area contributed by atoms with E-state index in [2.05, 4.69) is 5.32 Å². The van der Waals surface area contributed by atoms with Crippen LogP contribution in [0.4, 0.5) is 20.6 Å². The molecule has 5 rings (SSSR count). The van der Waals surface area contributed by atoms with Gasteiger partial charge in [0.1, 0.15) is 5.82 Å². The Morgan fingerprint density at radius 1 is 1.09 bits per heavy atom. The van der Waals surface area contributed by atoms with Crippen molar-refractivity contribution in [2.45, 2.75) is 18.3 Å². The number of fused-ring (bicyclic) bond motifs is 2. The summed E-state index contributed by atoms with van der Waals surface area (Å²) in [7, 11) is 0. The minimum atomic E-state index is -1.11. The molecule has 0 aromatic heterocycles. The first-order valence-electron chi connectivity index (χ1n) is 10.4. The van der Waals surface area contributed by atoms with Crippen molar-refractivity contribution >= 4 is 35.1 Å². The van der Waals surface area contributed by atoms with Gasteiger partial charge >= 0.3 is 6.03 Å². The predicted octanol–water partition coefficient (Wildman–Crippen LogP) is 5.11. The number of amides is 3. The first-order valence-corrected chi connectivity index (χ1v) is 11.4. The van der Waals surface area contributed by atoms with Gasteiger partial charge in [0.2, 0.25) is 0 Å². The molecule has 0 bridgehead atoms. The van der Waals surface area contributed by atoms with E-state index in [1.165, 1.54) is 23.9 Å². The van der Waals surface area contributed by atoms with Gasteiger partial charge in [-0.25, -0.2) is 9.18 Å². The Kier molecular flexibility index (Phi) is 5.13. The predicted molar refractivity (Wildman–Crippen MR) is 125 cm³/mol. The van der Waals surface area contributed by atoms with Crippen LogP contribution in [0.15, 0.2) is 72.8 Å². The number of carbonyl (C=O) groups excluding carboxylic acids is 2. The fourth-order valence-corrected chi connectivity index (χ4v) is 5.82. The SMILES string of the molecule is Cc1ccc2c(c1)[C@]1(SCCN1C(=O)Nc1ccccc1)C(=O)N2Cc1ccc(F)cc1. The molecule has 1 fully saturated rings. The Hall–Kier alpha value is -3.32. The normalized spacial score (nSPS) is 19.5. The molecule has 0 saturated carbocycles. The molecule has 2 heterocycles. The van der Waals surface area contributed by atoms with Crippen LogP contribution in [0, 0.1) is 12.7 Å². The summed E-state index contributed by atoms with van der Waals surface area (Å²) in [6.07, 6.45) is 0. The lowest BCUT2D eigenvalue weighted by Gasteiger charge is -2.33. The zero-order valence-electron chi connectivity index (χ0n) is 17.5. The number of hydrogen-bond donors (Lipinski definition) is 1. The first-order chi connectivity index (χ1) is 15.5. The standard InChI is InChI=1S/C25H22FN3O2S/c1-17-7-12-22-21(15-17)25(23(30)28(22)16-18-8-10-19(26)11-9-18)29(13-14-32-25)24(31)27-20-5-3-2-4-6-20/h2-12,15H,13-14,16H2,1H3,(H,27,31)/t25-/m0/s1. The molecule has 1 spiro atoms. The molecule has 7 heteroatoms. The van der Waals surface area contributed by atoms with Crippen LogP contribution in [0.1, 0.15) is 16.7 Å². The number of rotatable bonds is 3. The molecular weight excluding hydrogens is 425 g/mol. The Morgan fingerprint density at radius 3 is 2.59 bits per heavy atom. The van der Waals surface area contributed by atoms with Crippen molar-refractivity contribution in [3.63, 3.8) is 0 Å². The van der Waals surface area contributed by atoms with Gasteiger partial charge in [0.05, 0.1) is 12.2 Å². The molecule has 32 heavy (non-hydrogen) atoms. The van der Waals surface area contributed by atoms with E-state index in [9.17, 15) is 14.0 Å². The lowest BCUT2D eigenvalue weighted by molar-refractivity contribution is -0.123. The van der Waals surface area contributed by atoms with Crippen LogP contribution in [-0.2, 0) is 16.2 Å². The van der Waals surface area contributed by atoms with E-state index in [1.54, 1.807) is 21.9 Å². The van der Waals surface area contributed by atoms with Crippen molar-refractivity contribution in [1.29, 1.82) is 0 Å². The number of thioether (sulfide) groups is 1. The fourth-order valence-electron chi connectivity index (χ4n) is 4.37. The zero-order valence-corrected chi connectivity index (χ0v) is 18.4. The maximum Gasteiger partial charge on any atom is 0.323 e. The molecule has 2 aliphatic heterocycles. The van der Waals surface area contributed by atoms with Crippen LogP contribution in [0.25, 0.3) is 0 Å². The van der Waals surface area contributed by atoms with Crippen molar-refractivity contribution in [2.24, 2.45) is 0 Å². The maximum atomic E-state index is 13.9. The number of nitrogens with one attached hydrogen (secondary N) is 1. The molecular formula is C25H22FN3O2S. The number of halogens is 1. The quantitative estimate of drug-likeness (QED) is 0.607. The highest BCUT2D eigenvalue weighted by Gasteiger charge is 2.59. The van der Waals surface area contributed by atoms with Crippen LogP contribution in [0.3, 0.4) is 0 Å². The third-order valence-corrected chi connectivity index (χ3v) is 7.29. The van der Waals surface area contributed by atoms with Gasteiger partial charge in [0, 0.05) is 23.5 Å². The molecule has 3 amide bonds. The largest absolute Gasteiger partial charge is 0.323 e. The van der Waals surface area contributed by atoms with E-state index in [1.807, 2.05) is 55.5 Å². The van der Waals surface area contributed by atoms with Gasteiger partial charge in [0.15, 0.2) is 4.87 Å². The fraction of sp³-hybridized carbons (Fsp3) is 0.200. The smallest absolute Gasteiger partial charge is 0.308 e. The highest BCUT2D eigenvalue weighted by atomic mass is 32.2. The maximum absolute atomic E-state index is 13.9. The summed E-state index contributed by atoms with van der Waals surface area (Å²) >= 11 is 1.49. The number of para-hydroxylation sites is 1. The monoisotopic (exact) mass is 447 g/mol. The number of urea groups is 1. The van der Waals surface area contributed by atoms with Crippen LogP contribution in [-0.4, -0.2) is 29.1 Å². The molecule has 0 radical (unpaired) electrons. The second-order valence-electron chi connectivity index (χ2n) is 7.98. The Labute approximate surface area is 190 Å². The highest BCUT2D eigenvalue weighted by molar-refractivity contribution is 8.01. The molecule has 0 unspecified atom stereocenters. The van der Waals surface area contributed by atoms with Gasteiger partial charge in [-0.3, -0.25) is 9.69 Å². The van der Waals surface area contributed by atoms with Gasteiger partial charge in [-0.05, 0) is 42.8 Å². The second-order valence-corrected chi connectivity index (χ2v) is 9.27. The number of carbonyl (C=O) groups is 2. The van der Waals surface area contributed by atoms with Gasteiger partial charge < -0.3 is 10.2 Å². The summed E-state index contributed by atoms with van der Waals surface area (Å²) in [6, 6.07) is 21.0. The van der Waals surface area contributed by atoms with Gasteiger partial charge in [0.25, 0.3) is 5.91 Å². The number of anilines is 2. The summed E-state index contributed by atoms with van der Waals surface area (Å²) in [5.41, 5.74) is 4.15. The minimum absolute atomic E-state index is 0.145. The average molecular weight is 448 g/mol. The van der Waals surface area contributed by atoms with Crippen molar-refractivity contribution in [1.82, 2.24) is 4.90 Å². The first kappa shape index (κ1) is 20.6. The molecule has 3 aromatic rings. The summed E-state index contributed by atoms with van der Waals surface area (Å²) in [4.78, 5) is 29.5. The van der Waals surface area contributed by atoms with E-state index in [-0.39, 0.29) is 17.8 Å². The van der Waals surface area contributed by atoms with Crippen molar-refractivity contribution in [2.75, 3.05) is 22.5 Å². The van der Waals surface area contributed by atoms with Crippen LogP contribution in [0.2, 0.25) is 0 Å². The number of aryl methyl sites for hydroxylation is 1. The molecule has 5 nitrogen and oxygen atoms in total. The number of benzene rings is 3. The Morgan fingerprint density at radius 2 is 1.84 bits per heavy atom. The number of hydrogen-bond acceptors (Lipinski definition) is 3. The Bertz CT molecular complexity index is 1190. The third kappa shape index (κ3) is 3.33. The third-order valence-electron chi connectivity index (χ3n) is 5.87. The van der Waals surface area contributed by atoms with Crippen LogP contribution in [0.5, 0.6) is 0 Å². The van der Waals surface area contributed by atoms with Crippen molar-refractivity contribution in [3.8, 4) is 0 Å². The highest BCUT2D eigenvalue weighted by Crippen LogP contribution is 2.54. The van der Waals surface area contributed by atoms with Gasteiger partial charge in [-0.15, -0.1) is 11.8 Å². The number of nitrogens with zero attached hydrogens (tertiary/aromatic N) is 2. The molecule has 3 aromatic carbocycles. The van der Waals surface area contributed by atoms with Gasteiger partial charge in [-0.2, -0.15) is 0 Å². The molecule has 1 atom stereocenters. The van der Waals surface area contributed by atoms with E-state index >= 15 is 0 Å². The summed E-state index contributed by atoms with van der Waals surface area (Å²) in [6.45, 7) is 2.76. The second kappa shape index (κ2) is 7.98. The minimum Gasteiger partial charge on any atom is -0.308 e. The van der Waals surface area contributed by atoms with E-state index in [0.717, 1.165) is 22.4 Å². The average Bonchev–Trinajstić information content (AvgIpc) is 3.33. The molecule has 2 aliphatic rings. The topological polar surface area (TPSA) is 52.7 Å². The van der Waals surface area contributed by atoms with Crippen molar-refractivity contribution < 1.29 is 14.0 Å². The van der Waals surface area contributed by atoms with E-state index in [0.29, 0.717) is 24.5 Å². The molecule has 162 valence electrons. The molecule has 1 saturated heterocycles. The Balaban J connectivity index is 1.53. The van der Waals surface area contributed by atoms with Crippen molar-refractivity contribution in [3.05, 3.63) is 95.3 Å². The summed E-state index contributed by atoms with van der Waals surface area (Å²) in [5, 5.41) is 2.93. The lowest BCUT2D eigenvalue weighted by atomic mass is 10.0. The van der Waals surface area contributed by atoms with E-state index < -0.39 is 4.87 Å². The molecule has 1 N–H and O–H groups in total. The lowest BCUT2D eigenvalue weighted by Crippen LogP contribution is -2.51.